The van der Waals surface area contributed by atoms with Crippen LogP contribution in [0.1, 0.15) is 0 Å². The molecule has 106 valence electrons. The lowest BCUT2D eigenvalue weighted by atomic mass is 10.1. The molecule has 0 unspecified atom stereocenters. The van der Waals surface area contributed by atoms with Crippen molar-refractivity contribution in [2.75, 3.05) is 18.2 Å². The number of benzene rings is 2. The highest BCUT2D eigenvalue weighted by molar-refractivity contribution is 6.32. The SMILES string of the molecule is COc1ccc(Nc2c(N)cnc3ccccc23)cc1Cl. The molecule has 0 aliphatic heterocycles. The minimum absolute atomic E-state index is 0.541. The summed E-state index contributed by atoms with van der Waals surface area (Å²) in [5, 5.41) is 4.81. The topological polar surface area (TPSA) is 60.2 Å². The molecular weight excluding hydrogens is 286 g/mol. The summed E-state index contributed by atoms with van der Waals surface area (Å²) >= 11 is 6.15. The number of para-hydroxylation sites is 1. The molecular formula is C16H14ClN3O. The second kappa shape index (κ2) is 5.50. The molecule has 0 fully saturated rings. The van der Waals surface area contributed by atoms with Gasteiger partial charge in [-0.1, -0.05) is 29.8 Å². The minimum Gasteiger partial charge on any atom is -0.495 e. The van der Waals surface area contributed by atoms with Crippen molar-refractivity contribution < 1.29 is 4.74 Å². The van der Waals surface area contributed by atoms with E-state index < -0.39 is 0 Å². The molecule has 5 heteroatoms. The zero-order valence-electron chi connectivity index (χ0n) is 11.4. The molecule has 0 saturated carbocycles. The Bertz CT molecular complexity index is 805. The van der Waals surface area contributed by atoms with E-state index in [-0.39, 0.29) is 0 Å². The predicted octanol–water partition coefficient (Wildman–Crippen LogP) is 4.22. The normalized spacial score (nSPS) is 10.6. The smallest absolute Gasteiger partial charge is 0.137 e. The van der Waals surface area contributed by atoms with Crippen LogP contribution in [-0.4, -0.2) is 12.1 Å². The van der Waals surface area contributed by atoms with Crippen molar-refractivity contribution in [2.24, 2.45) is 0 Å². The van der Waals surface area contributed by atoms with Gasteiger partial charge in [-0.15, -0.1) is 0 Å². The highest BCUT2D eigenvalue weighted by Gasteiger charge is 2.08. The number of rotatable bonds is 3. The number of hydrogen-bond acceptors (Lipinski definition) is 4. The summed E-state index contributed by atoms with van der Waals surface area (Å²) in [6.45, 7) is 0. The molecule has 1 heterocycles. The van der Waals surface area contributed by atoms with Gasteiger partial charge in [0.15, 0.2) is 0 Å². The maximum Gasteiger partial charge on any atom is 0.137 e. The summed E-state index contributed by atoms with van der Waals surface area (Å²) in [6, 6.07) is 13.3. The van der Waals surface area contributed by atoms with E-state index in [1.165, 1.54) is 0 Å². The highest BCUT2D eigenvalue weighted by Crippen LogP contribution is 2.33. The van der Waals surface area contributed by atoms with E-state index in [0.717, 1.165) is 22.3 Å². The van der Waals surface area contributed by atoms with Crippen LogP contribution >= 0.6 is 11.6 Å². The Balaban J connectivity index is 2.05. The Labute approximate surface area is 127 Å². The van der Waals surface area contributed by atoms with Crippen LogP contribution in [0.15, 0.2) is 48.7 Å². The number of hydrogen-bond donors (Lipinski definition) is 2. The fourth-order valence-electron chi connectivity index (χ4n) is 2.18. The van der Waals surface area contributed by atoms with Gasteiger partial charge in [-0.25, -0.2) is 0 Å². The van der Waals surface area contributed by atoms with E-state index in [0.29, 0.717) is 16.5 Å². The molecule has 4 nitrogen and oxygen atoms in total. The van der Waals surface area contributed by atoms with Gasteiger partial charge in [0.2, 0.25) is 0 Å². The Hall–Kier alpha value is -2.46. The van der Waals surface area contributed by atoms with Crippen LogP contribution in [0, 0.1) is 0 Å². The Morgan fingerprint density at radius 3 is 2.76 bits per heavy atom. The van der Waals surface area contributed by atoms with Gasteiger partial charge in [-0.3, -0.25) is 4.98 Å². The minimum atomic E-state index is 0.541. The molecule has 0 atom stereocenters. The monoisotopic (exact) mass is 299 g/mol. The second-order valence-electron chi connectivity index (χ2n) is 4.58. The number of fused-ring (bicyclic) bond motifs is 1. The fourth-order valence-corrected chi connectivity index (χ4v) is 2.44. The van der Waals surface area contributed by atoms with Gasteiger partial charge in [-0.2, -0.15) is 0 Å². The van der Waals surface area contributed by atoms with E-state index in [1.54, 1.807) is 19.4 Å². The van der Waals surface area contributed by atoms with Crippen molar-refractivity contribution in [3.8, 4) is 5.75 Å². The van der Waals surface area contributed by atoms with Crippen molar-refractivity contribution in [3.63, 3.8) is 0 Å². The summed E-state index contributed by atoms with van der Waals surface area (Å²) in [5.41, 5.74) is 9.17. The average molecular weight is 300 g/mol. The molecule has 3 rings (SSSR count). The quantitative estimate of drug-likeness (QED) is 0.760. The first-order chi connectivity index (χ1) is 10.2. The number of nitrogens with one attached hydrogen (secondary N) is 1. The molecule has 0 spiro atoms. The number of halogens is 1. The molecule has 0 saturated heterocycles. The Morgan fingerprint density at radius 2 is 2.00 bits per heavy atom. The first-order valence-electron chi connectivity index (χ1n) is 6.43. The van der Waals surface area contributed by atoms with Gasteiger partial charge < -0.3 is 15.8 Å². The van der Waals surface area contributed by atoms with E-state index in [9.17, 15) is 0 Å². The van der Waals surface area contributed by atoms with Crippen molar-refractivity contribution in [3.05, 3.63) is 53.7 Å². The Kier molecular flexibility index (Phi) is 3.54. The van der Waals surface area contributed by atoms with Crippen molar-refractivity contribution in [1.29, 1.82) is 0 Å². The third kappa shape index (κ3) is 2.58. The molecule has 0 radical (unpaired) electrons. The van der Waals surface area contributed by atoms with Crippen LogP contribution in [0.2, 0.25) is 5.02 Å². The van der Waals surface area contributed by atoms with Gasteiger partial charge in [0.25, 0.3) is 0 Å². The zero-order chi connectivity index (χ0) is 14.8. The molecule has 21 heavy (non-hydrogen) atoms. The highest BCUT2D eigenvalue weighted by atomic mass is 35.5. The van der Waals surface area contributed by atoms with Gasteiger partial charge >= 0.3 is 0 Å². The van der Waals surface area contributed by atoms with Gasteiger partial charge in [0.1, 0.15) is 5.75 Å². The van der Waals surface area contributed by atoms with E-state index in [1.807, 2.05) is 36.4 Å². The van der Waals surface area contributed by atoms with Crippen molar-refractivity contribution >= 4 is 39.6 Å². The summed E-state index contributed by atoms with van der Waals surface area (Å²) < 4.78 is 5.15. The first-order valence-corrected chi connectivity index (χ1v) is 6.80. The number of nitrogens with zero attached hydrogens (tertiary/aromatic N) is 1. The van der Waals surface area contributed by atoms with Crippen LogP contribution in [-0.2, 0) is 0 Å². The summed E-state index contributed by atoms with van der Waals surface area (Å²) in [6.07, 6.45) is 1.65. The third-order valence-electron chi connectivity index (χ3n) is 3.23. The lowest BCUT2D eigenvalue weighted by Gasteiger charge is -2.13. The maximum atomic E-state index is 6.15. The number of pyridine rings is 1. The second-order valence-corrected chi connectivity index (χ2v) is 4.99. The van der Waals surface area contributed by atoms with E-state index in [2.05, 4.69) is 10.3 Å². The zero-order valence-corrected chi connectivity index (χ0v) is 12.2. The lowest BCUT2D eigenvalue weighted by Crippen LogP contribution is -1.99. The van der Waals surface area contributed by atoms with Crippen molar-refractivity contribution in [1.82, 2.24) is 4.98 Å². The number of aromatic nitrogens is 1. The van der Waals surface area contributed by atoms with Crippen molar-refractivity contribution in [2.45, 2.75) is 0 Å². The first kappa shape index (κ1) is 13.5. The van der Waals surface area contributed by atoms with Crippen LogP contribution < -0.4 is 15.8 Å². The number of anilines is 3. The molecule has 0 aliphatic carbocycles. The molecule has 2 aromatic carbocycles. The standard InChI is InChI=1S/C16H14ClN3O/c1-21-15-7-6-10(8-12(15)17)20-16-11-4-2-3-5-14(11)19-9-13(16)18/h2-9H,18H2,1H3,(H,19,20). The van der Waals surface area contributed by atoms with Gasteiger partial charge in [0.05, 0.1) is 35.2 Å². The molecule has 0 aliphatic rings. The van der Waals surface area contributed by atoms with E-state index >= 15 is 0 Å². The molecule has 1 aromatic heterocycles. The maximum absolute atomic E-state index is 6.15. The van der Waals surface area contributed by atoms with Crippen LogP contribution in [0.5, 0.6) is 5.75 Å². The molecule has 0 bridgehead atoms. The number of nitrogens with two attached hydrogens (primary N) is 1. The van der Waals surface area contributed by atoms with Crippen LogP contribution in [0.4, 0.5) is 17.1 Å². The van der Waals surface area contributed by atoms with Crippen LogP contribution in [0.25, 0.3) is 10.9 Å². The molecule has 3 N–H and O–H groups in total. The van der Waals surface area contributed by atoms with E-state index in [4.69, 9.17) is 22.1 Å². The average Bonchev–Trinajstić information content (AvgIpc) is 2.50. The summed E-state index contributed by atoms with van der Waals surface area (Å²) in [4.78, 5) is 4.32. The lowest BCUT2D eigenvalue weighted by molar-refractivity contribution is 0.415. The fraction of sp³-hybridized carbons (Fsp3) is 0.0625. The third-order valence-corrected chi connectivity index (χ3v) is 3.52. The number of ether oxygens (including phenoxy) is 1. The predicted molar refractivity (Wildman–Crippen MR) is 87.4 cm³/mol. The summed E-state index contributed by atoms with van der Waals surface area (Å²) in [7, 11) is 1.59. The number of methoxy groups -OCH3 is 1. The van der Waals surface area contributed by atoms with Crippen LogP contribution in [0.3, 0.4) is 0 Å². The Morgan fingerprint density at radius 1 is 1.19 bits per heavy atom. The number of nitrogen functional groups attached to an aromatic ring is 1. The largest absolute Gasteiger partial charge is 0.495 e. The summed E-state index contributed by atoms with van der Waals surface area (Å²) in [5.74, 6) is 0.634. The molecule has 3 aromatic rings. The van der Waals surface area contributed by atoms with Gasteiger partial charge in [-0.05, 0) is 24.3 Å². The van der Waals surface area contributed by atoms with Gasteiger partial charge in [0, 0.05) is 11.1 Å². The molecule has 0 amide bonds.